The minimum atomic E-state index is -1.04. The molecule has 110 valence electrons. The SMILES string of the molecule is CCC(=N[C@@H](C)c1ccccc1)C1C(=O)NC(=O)NC1=O. The van der Waals surface area contributed by atoms with Gasteiger partial charge in [0, 0.05) is 5.71 Å². The molecule has 1 atom stereocenters. The maximum atomic E-state index is 11.9. The van der Waals surface area contributed by atoms with E-state index in [9.17, 15) is 14.4 Å². The van der Waals surface area contributed by atoms with Gasteiger partial charge >= 0.3 is 6.03 Å². The van der Waals surface area contributed by atoms with Gasteiger partial charge in [-0.05, 0) is 18.9 Å². The van der Waals surface area contributed by atoms with E-state index in [-0.39, 0.29) is 6.04 Å². The number of carbonyl (C=O) groups is 3. The Morgan fingerprint density at radius 3 is 2.24 bits per heavy atom. The molecule has 21 heavy (non-hydrogen) atoms. The van der Waals surface area contributed by atoms with Crippen LogP contribution in [0.3, 0.4) is 0 Å². The van der Waals surface area contributed by atoms with Crippen molar-refractivity contribution in [2.45, 2.75) is 26.3 Å². The van der Waals surface area contributed by atoms with Crippen molar-refractivity contribution in [2.24, 2.45) is 10.9 Å². The highest BCUT2D eigenvalue weighted by atomic mass is 16.2. The average molecular weight is 287 g/mol. The zero-order chi connectivity index (χ0) is 15.4. The molecule has 1 saturated heterocycles. The summed E-state index contributed by atoms with van der Waals surface area (Å²) in [5.41, 5.74) is 1.46. The largest absolute Gasteiger partial charge is 0.328 e. The summed E-state index contributed by atoms with van der Waals surface area (Å²) in [4.78, 5) is 39.3. The first-order valence-corrected chi connectivity index (χ1v) is 6.80. The fourth-order valence-electron chi connectivity index (χ4n) is 2.25. The van der Waals surface area contributed by atoms with E-state index in [1.54, 1.807) is 0 Å². The van der Waals surface area contributed by atoms with Crippen LogP contribution in [0.5, 0.6) is 0 Å². The number of nitrogens with one attached hydrogen (secondary N) is 2. The van der Waals surface area contributed by atoms with Crippen LogP contribution in [0.15, 0.2) is 35.3 Å². The fourth-order valence-corrected chi connectivity index (χ4v) is 2.25. The monoisotopic (exact) mass is 287 g/mol. The van der Waals surface area contributed by atoms with Gasteiger partial charge in [0.25, 0.3) is 0 Å². The number of hydrogen-bond acceptors (Lipinski definition) is 4. The van der Waals surface area contributed by atoms with Crippen LogP contribution >= 0.6 is 0 Å². The summed E-state index contributed by atoms with van der Waals surface area (Å²) in [6.45, 7) is 3.72. The minimum Gasteiger partial charge on any atom is -0.285 e. The predicted molar refractivity (Wildman–Crippen MR) is 77.8 cm³/mol. The number of amides is 4. The molecule has 1 aliphatic rings. The van der Waals surface area contributed by atoms with Crippen LogP contribution in [-0.2, 0) is 9.59 Å². The maximum Gasteiger partial charge on any atom is 0.328 e. The van der Waals surface area contributed by atoms with Crippen LogP contribution in [0.1, 0.15) is 31.9 Å². The lowest BCUT2D eigenvalue weighted by Crippen LogP contribution is -2.57. The fraction of sp³-hybridized carbons (Fsp3) is 0.333. The van der Waals surface area contributed by atoms with Crippen LogP contribution < -0.4 is 10.6 Å². The van der Waals surface area contributed by atoms with E-state index >= 15 is 0 Å². The van der Waals surface area contributed by atoms with Crippen molar-refractivity contribution in [1.29, 1.82) is 0 Å². The first kappa shape index (κ1) is 14.9. The number of nitrogens with zero attached hydrogens (tertiary/aromatic N) is 1. The Kier molecular flexibility index (Phi) is 4.47. The summed E-state index contributed by atoms with van der Waals surface area (Å²) in [7, 11) is 0. The molecule has 0 radical (unpaired) electrons. The van der Waals surface area contributed by atoms with Gasteiger partial charge in [0.15, 0.2) is 5.92 Å². The number of rotatable bonds is 4. The summed E-state index contributed by atoms with van der Waals surface area (Å²) < 4.78 is 0. The highest BCUT2D eigenvalue weighted by molar-refractivity contribution is 6.27. The Balaban J connectivity index is 2.26. The van der Waals surface area contributed by atoms with E-state index < -0.39 is 23.8 Å². The molecule has 0 spiro atoms. The molecule has 1 aromatic rings. The third kappa shape index (κ3) is 3.34. The first-order chi connectivity index (χ1) is 10.0. The van der Waals surface area contributed by atoms with Crippen molar-refractivity contribution in [3.63, 3.8) is 0 Å². The number of urea groups is 1. The van der Waals surface area contributed by atoms with Gasteiger partial charge in [0.05, 0.1) is 6.04 Å². The average Bonchev–Trinajstić information content (AvgIpc) is 2.45. The third-order valence-corrected chi connectivity index (χ3v) is 3.33. The minimum absolute atomic E-state index is 0.167. The van der Waals surface area contributed by atoms with Crippen molar-refractivity contribution >= 4 is 23.6 Å². The van der Waals surface area contributed by atoms with Gasteiger partial charge in [0.1, 0.15) is 0 Å². The van der Waals surface area contributed by atoms with Crippen molar-refractivity contribution in [1.82, 2.24) is 10.6 Å². The highest BCUT2D eigenvalue weighted by Crippen LogP contribution is 2.19. The molecule has 0 saturated carbocycles. The molecule has 6 heteroatoms. The van der Waals surface area contributed by atoms with E-state index in [1.165, 1.54) is 0 Å². The molecule has 0 aromatic heterocycles. The van der Waals surface area contributed by atoms with E-state index in [2.05, 4.69) is 15.6 Å². The first-order valence-electron chi connectivity index (χ1n) is 6.80. The Bertz CT molecular complexity index is 575. The molecule has 1 fully saturated rings. The van der Waals surface area contributed by atoms with Crippen LogP contribution in [0, 0.1) is 5.92 Å². The molecule has 6 nitrogen and oxygen atoms in total. The second kappa shape index (κ2) is 6.30. The molecule has 0 aliphatic carbocycles. The van der Waals surface area contributed by atoms with Crippen molar-refractivity contribution in [3.05, 3.63) is 35.9 Å². The summed E-state index contributed by atoms with van der Waals surface area (Å²) >= 11 is 0. The molecular formula is C15H17N3O3. The number of barbiturate groups is 1. The van der Waals surface area contributed by atoms with Gasteiger partial charge in [-0.3, -0.25) is 25.2 Å². The zero-order valence-electron chi connectivity index (χ0n) is 11.9. The molecule has 1 aliphatic heterocycles. The van der Waals surface area contributed by atoms with Gasteiger partial charge < -0.3 is 0 Å². The van der Waals surface area contributed by atoms with Gasteiger partial charge in [0.2, 0.25) is 11.8 Å². The maximum absolute atomic E-state index is 11.9. The van der Waals surface area contributed by atoms with Crippen LogP contribution in [-0.4, -0.2) is 23.6 Å². The third-order valence-electron chi connectivity index (χ3n) is 3.33. The summed E-state index contributed by atoms with van der Waals surface area (Å²) in [5, 5.41) is 4.19. The normalized spacial score (nSPS) is 18.2. The lowest BCUT2D eigenvalue weighted by Gasteiger charge is -2.22. The summed E-state index contributed by atoms with van der Waals surface area (Å²) in [6, 6.07) is 8.65. The number of imide groups is 2. The number of carbonyl (C=O) groups excluding carboxylic acids is 3. The standard InChI is InChI=1S/C15H17N3O3/c1-3-11(12-13(19)17-15(21)18-14(12)20)16-9(2)10-7-5-4-6-8-10/h4-9,12H,3H2,1-2H3,(H2,17,18,19,20,21)/t9-/m0/s1. The van der Waals surface area contributed by atoms with E-state index in [1.807, 2.05) is 44.2 Å². The molecule has 2 N–H and O–H groups in total. The van der Waals surface area contributed by atoms with Crippen LogP contribution in [0.2, 0.25) is 0 Å². The van der Waals surface area contributed by atoms with E-state index in [0.717, 1.165) is 5.56 Å². The number of benzene rings is 1. The van der Waals surface area contributed by atoms with Gasteiger partial charge in [-0.2, -0.15) is 0 Å². The Labute approximate surface area is 122 Å². The smallest absolute Gasteiger partial charge is 0.285 e. The second-order valence-corrected chi connectivity index (χ2v) is 4.80. The van der Waals surface area contributed by atoms with Crippen molar-refractivity contribution in [2.75, 3.05) is 0 Å². The molecule has 1 heterocycles. The van der Waals surface area contributed by atoms with E-state index in [0.29, 0.717) is 12.1 Å². The zero-order valence-corrected chi connectivity index (χ0v) is 11.9. The van der Waals surface area contributed by atoms with Crippen LogP contribution in [0.4, 0.5) is 4.79 Å². The van der Waals surface area contributed by atoms with Gasteiger partial charge in [-0.1, -0.05) is 37.3 Å². The molecular weight excluding hydrogens is 270 g/mol. The predicted octanol–water partition coefficient (Wildman–Crippen LogP) is 1.58. The van der Waals surface area contributed by atoms with Crippen molar-refractivity contribution < 1.29 is 14.4 Å². The Morgan fingerprint density at radius 1 is 1.14 bits per heavy atom. The molecule has 1 aromatic carbocycles. The topological polar surface area (TPSA) is 87.6 Å². The lowest BCUT2D eigenvalue weighted by molar-refractivity contribution is -0.132. The van der Waals surface area contributed by atoms with Crippen molar-refractivity contribution in [3.8, 4) is 0 Å². The molecule has 0 bridgehead atoms. The summed E-state index contributed by atoms with van der Waals surface area (Å²) in [6.07, 6.45) is 0.455. The molecule has 2 rings (SSSR count). The lowest BCUT2D eigenvalue weighted by atomic mass is 9.97. The Hall–Kier alpha value is -2.50. The van der Waals surface area contributed by atoms with E-state index in [4.69, 9.17) is 0 Å². The second-order valence-electron chi connectivity index (χ2n) is 4.80. The number of hydrogen-bond donors (Lipinski definition) is 2. The highest BCUT2D eigenvalue weighted by Gasteiger charge is 2.37. The summed E-state index contributed by atoms with van der Waals surface area (Å²) in [5.74, 6) is -2.28. The van der Waals surface area contributed by atoms with Gasteiger partial charge in [-0.25, -0.2) is 4.79 Å². The Morgan fingerprint density at radius 2 is 1.71 bits per heavy atom. The number of aliphatic imine (C=N–C) groups is 1. The van der Waals surface area contributed by atoms with Crippen LogP contribution in [0.25, 0.3) is 0 Å². The quantitative estimate of drug-likeness (QED) is 0.651. The molecule has 4 amide bonds. The van der Waals surface area contributed by atoms with Gasteiger partial charge in [-0.15, -0.1) is 0 Å². The molecule has 0 unspecified atom stereocenters.